The molecule has 1 fully saturated rings. The molecule has 0 radical (unpaired) electrons. The zero-order chi connectivity index (χ0) is 14.1. The third-order valence-electron chi connectivity index (χ3n) is 3.04. The van der Waals surface area contributed by atoms with Crippen LogP contribution in [0, 0.1) is 0 Å². The summed E-state index contributed by atoms with van der Waals surface area (Å²) < 4.78 is 31.8. The van der Waals surface area contributed by atoms with E-state index in [4.69, 9.17) is 4.74 Å². The molecule has 1 N–H and O–H groups in total. The summed E-state index contributed by atoms with van der Waals surface area (Å²) >= 11 is 1.17. The number of morpholine rings is 1. The maximum atomic E-state index is 12.4. The summed E-state index contributed by atoms with van der Waals surface area (Å²) in [4.78, 5) is 11.8. The fourth-order valence-electron chi connectivity index (χ4n) is 1.98. The molecule has 2 rings (SSSR count). The van der Waals surface area contributed by atoms with Gasteiger partial charge in [0.2, 0.25) is 0 Å². The highest BCUT2D eigenvalue weighted by Crippen LogP contribution is 2.26. The van der Waals surface area contributed by atoms with Gasteiger partial charge in [-0.2, -0.15) is 4.31 Å². The van der Waals surface area contributed by atoms with Crippen molar-refractivity contribution in [3.05, 3.63) is 17.5 Å². The second-order valence-electron chi connectivity index (χ2n) is 4.43. The largest absolute Gasteiger partial charge is 0.363 e. The topological polar surface area (TPSA) is 75.7 Å². The van der Waals surface area contributed by atoms with Crippen molar-refractivity contribution in [2.45, 2.75) is 16.7 Å². The van der Waals surface area contributed by atoms with Gasteiger partial charge < -0.3 is 10.1 Å². The van der Waals surface area contributed by atoms with Crippen LogP contribution in [0.15, 0.2) is 21.7 Å². The van der Waals surface area contributed by atoms with Crippen molar-refractivity contribution in [2.24, 2.45) is 0 Å². The number of hydrogen-bond acceptors (Lipinski definition) is 5. The zero-order valence-electron chi connectivity index (χ0n) is 10.8. The first-order valence-corrected chi connectivity index (χ1v) is 8.12. The third-order valence-corrected chi connectivity index (χ3v) is 6.25. The molecule has 0 aromatic carbocycles. The van der Waals surface area contributed by atoms with Crippen LogP contribution in [-0.4, -0.2) is 51.0 Å². The average molecular weight is 304 g/mol. The van der Waals surface area contributed by atoms with Crippen LogP contribution < -0.4 is 5.32 Å². The summed E-state index contributed by atoms with van der Waals surface area (Å²) in [5.74, 6) is -0.321. The van der Waals surface area contributed by atoms with Gasteiger partial charge in [0.15, 0.2) is 5.60 Å². The number of nitrogens with zero attached hydrogens (tertiary/aromatic N) is 1. The summed E-state index contributed by atoms with van der Waals surface area (Å²) in [6.07, 6.45) is 0. The number of sulfonamides is 1. The highest BCUT2D eigenvalue weighted by molar-refractivity contribution is 7.91. The molecule has 1 amide bonds. The van der Waals surface area contributed by atoms with Gasteiger partial charge in [-0.15, -0.1) is 11.3 Å². The lowest BCUT2D eigenvalue weighted by Gasteiger charge is -2.37. The number of amides is 1. The van der Waals surface area contributed by atoms with E-state index < -0.39 is 15.6 Å². The Morgan fingerprint density at radius 3 is 2.89 bits per heavy atom. The molecular formula is C11H16N2O4S2. The Bertz CT molecular complexity index is 555. The minimum atomic E-state index is -3.54. The SMILES string of the molecule is CNC(=O)C1(C)CN(S(=O)(=O)c2cccs2)CCO1. The molecule has 1 saturated heterocycles. The van der Waals surface area contributed by atoms with Crippen molar-refractivity contribution in [2.75, 3.05) is 26.7 Å². The molecule has 0 bridgehead atoms. The van der Waals surface area contributed by atoms with Crippen molar-refractivity contribution in [3.63, 3.8) is 0 Å². The van der Waals surface area contributed by atoms with E-state index in [0.717, 1.165) is 0 Å². The van der Waals surface area contributed by atoms with Gasteiger partial charge in [0.25, 0.3) is 15.9 Å². The summed E-state index contributed by atoms with van der Waals surface area (Å²) in [6, 6.07) is 3.25. The van der Waals surface area contributed by atoms with Gasteiger partial charge in [-0.1, -0.05) is 6.07 Å². The Kier molecular flexibility index (Phi) is 3.95. The zero-order valence-corrected chi connectivity index (χ0v) is 12.4. The number of carbonyl (C=O) groups excluding carboxylic acids is 1. The van der Waals surface area contributed by atoms with Crippen molar-refractivity contribution in [3.8, 4) is 0 Å². The summed E-state index contributed by atoms with van der Waals surface area (Å²) in [6.45, 7) is 2.08. The Labute approximate surface area is 116 Å². The van der Waals surface area contributed by atoms with Gasteiger partial charge in [0.1, 0.15) is 4.21 Å². The predicted octanol–water partition coefficient (Wildman–Crippen LogP) is 0.274. The predicted molar refractivity (Wildman–Crippen MR) is 71.5 cm³/mol. The molecule has 1 aliphatic rings. The van der Waals surface area contributed by atoms with E-state index in [0.29, 0.717) is 0 Å². The first-order chi connectivity index (χ1) is 8.90. The van der Waals surface area contributed by atoms with Crippen LogP contribution in [0.2, 0.25) is 0 Å². The molecule has 1 atom stereocenters. The second kappa shape index (κ2) is 5.20. The van der Waals surface area contributed by atoms with Crippen molar-refractivity contribution in [1.29, 1.82) is 0 Å². The fourth-order valence-corrected chi connectivity index (χ4v) is 4.63. The molecule has 106 valence electrons. The van der Waals surface area contributed by atoms with Crippen LogP contribution in [0.5, 0.6) is 0 Å². The maximum Gasteiger partial charge on any atom is 0.253 e. The number of thiophene rings is 1. The number of nitrogens with one attached hydrogen (secondary N) is 1. The van der Waals surface area contributed by atoms with Crippen molar-refractivity contribution in [1.82, 2.24) is 9.62 Å². The van der Waals surface area contributed by atoms with E-state index in [1.54, 1.807) is 24.4 Å². The number of ether oxygens (including phenoxy) is 1. The molecule has 1 aromatic heterocycles. The molecule has 6 nitrogen and oxygen atoms in total. The fraction of sp³-hybridized carbons (Fsp3) is 0.545. The Morgan fingerprint density at radius 1 is 1.58 bits per heavy atom. The summed E-state index contributed by atoms with van der Waals surface area (Å²) in [5, 5.41) is 4.21. The van der Waals surface area contributed by atoms with Gasteiger partial charge in [-0.3, -0.25) is 4.79 Å². The van der Waals surface area contributed by atoms with E-state index in [-0.39, 0.29) is 29.8 Å². The van der Waals surface area contributed by atoms with E-state index in [1.807, 2.05) is 0 Å². The van der Waals surface area contributed by atoms with Gasteiger partial charge in [-0.05, 0) is 18.4 Å². The summed E-state index contributed by atoms with van der Waals surface area (Å²) in [7, 11) is -2.04. The van der Waals surface area contributed by atoms with Gasteiger partial charge in [0.05, 0.1) is 13.2 Å². The molecular weight excluding hydrogens is 288 g/mol. The van der Waals surface area contributed by atoms with Crippen LogP contribution in [-0.2, 0) is 19.6 Å². The molecule has 8 heteroatoms. The van der Waals surface area contributed by atoms with Crippen LogP contribution in [0.25, 0.3) is 0 Å². The molecule has 0 saturated carbocycles. The Balaban J connectivity index is 2.25. The van der Waals surface area contributed by atoms with Crippen LogP contribution >= 0.6 is 11.3 Å². The van der Waals surface area contributed by atoms with Gasteiger partial charge in [0, 0.05) is 13.6 Å². The monoisotopic (exact) mass is 304 g/mol. The second-order valence-corrected chi connectivity index (χ2v) is 7.54. The molecule has 0 spiro atoms. The molecule has 19 heavy (non-hydrogen) atoms. The lowest BCUT2D eigenvalue weighted by Crippen LogP contribution is -2.58. The molecule has 1 aromatic rings. The number of rotatable bonds is 3. The highest BCUT2D eigenvalue weighted by Gasteiger charge is 2.42. The van der Waals surface area contributed by atoms with Crippen molar-refractivity contribution < 1.29 is 17.9 Å². The normalized spacial score (nSPS) is 25.2. The van der Waals surface area contributed by atoms with Crippen LogP contribution in [0.3, 0.4) is 0 Å². The summed E-state index contributed by atoms with van der Waals surface area (Å²) in [5.41, 5.74) is -1.14. The van der Waals surface area contributed by atoms with Crippen molar-refractivity contribution >= 4 is 27.3 Å². The van der Waals surface area contributed by atoms with E-state index in [9.17, 15) is 13.2 Å². The molecule has 0 aliphatic carbocycles. The number of likely N-dealkylation sites (N-methyl/N-ethyl adjacent to an activating group) is 1. The van der Waals surface area contributed by atoms with E-state index in [1.165, 1.54) is 22.7 Å². The number of carbonyl (C=O) groups is 1. The van der Waals surface area contributed by atoms with Crippen LogP contribution in [0.4, 0.5) is 0 Å². The quantitative estimate of drug-likeness (QED) is 0.870. The highest BCUT2D eigenvalue weighted by atomic mass is 32.2. The van der Waals surface area contributed by atoms with E-state index in [2.05, 4.69) is 5.32 Å². The molecule has 2 heterocycles. The maximum absolute atomic E-state index is 12.4. The lowest BCUT2D eigenvalue weighted by molar-refractivity contribution is -0.151. The minimum absolute atomic E-state index is 0.0207. The number of hydrogen-bond donors (Lipinski definition) is 1. The lowest BCUT2D eigenvalue weighted by atomic mass is 10.0. The Hall–Kier alpha value is -0.960. The minimum Gasteiger partial charge on any atom is -0.363 e. The van der Waals surface area contributed by atoms with Gasteiger partial charge >= 0.3 is 0 Å². The van der Waals surface area contributed by atoms with Gasteiger partial charge in [-0.25, -0.2) is 8.42 Å². The average Bonchev–Trinajstić information content (AvgIpc) is 2.92. The first-order valence-electron chi connectivity index (χ1n) is 5.80. The van der Waals surface area contributed by atoms with E-state index >= 15 is 0 Å². The van der Waals surface area contributed by atoms with Crippen LogP contribution in [0.1, 0.15) is 6.92 Å². The smallest absolute Gasteiger partial charge is 0.253 e. The third kappa shape index (κ3) is 2.66. The Morgan fingerprint density at radius 2 is 2.32 bits per heavy atom. The molecule has 1 aliphatic heterocycles. The molecule has 1 unspecified atom stereocenters. The standard InChI is InChI=1S/C11H16N2O4S2/c1-11(10(14)12-2)8-13(5-6-17-11)19(15,16)9-4-3-7-18-9/h3-4,7H,5-6,8H2,1-2H3,(H,12,14). The first kappa shape index (κ1) is 14.4.